The molecular formula is C14H12N4O3. The molecule has 0 spiro atoms. The lowest BCUT2D eigenvalue weighted by Gasteiger charge is -1.99. The summed E-state index contributed by atoms with van der Waals surface area (Å²) < 4.78 is 6.90. The maximum absolute atomic E-state index is 10.8. The van der Waals surface area contributed by atoms with Crippen LogP contribution in [-0.4, -0.2) is 31.3 Å². The molecule has 106 valence electrons. The number of nitrogens with zero attached hydrogens (tertiary/aromatic N) is 4. The highest BCUT2D eigenvalue weighted by atomic mass is 16.4. The SMILES string of the molecule is Cc1ccc(-c2ccc(-c3nnnn3CC(=O)O)o2)cc1. The van der Waals surface area contributed by atoms with Crippen molar-refractivity contribution in [3.63, 3.8) is 0 Å². The Morgan fingerprint density at radius 2 is 1.90 bits per heavy atom. The van der Waals surface area contributed by atoms with Crippen molar-refractivity contribution in [3.8, 4) is 22.9 Å². The van der Waals surface area contributed by atoms with Gasteiger partial charge in [0, 0.05) is 5.56 Å². The van der Waals surface area contributed by atoms with Crippen molar-refractivity contribution in [2.45, 2.75) is 13.5 Å². The number of hydrogen-bond donors (Lipinski definition) is 1. The topological polar surface area (TPSA) is 94.0 Å². The number of hydrogen-bond acceptors (Lipinski definition) is 5. The van der Waals surface area contributed by atoms with E-state index in [9.17, 15) is 4.79 Å². The summed E-state index contributed by atoms with van der Waals surface area (Å²) in [5, 5.41) is 19.8. The molecule has 0 aliphatic heterocycles. The van der Waals surface area contributed by atoms with Gasteiger partial charge in [-0.1, -0.05) is 29.8 Å². The molecule has 7 heteroatoms. The molecule has 0 saturated heterocycles. The third kappa shape index (κ3) is 2.66. The van der Waals surface area contributed by atoms with E-state index in [0.717, 1.165) is 11.1 Å². The van der Waals surface area contributed by atoms with Crippen LogP contribution in [0.2, 0.25) is 0 Å². The second-order valence-electron chi connectivity index (χ2n) is 4.58. The lowest BCUT2D eigenvalue weighted by atomic mass is 10.1. The fourth-order valence-electron chi connectivity index (χ4n) is 1.95. The normalized spacial score (nSPS) is 10.7. The highest BCUT2D eigenvalue weighted by molar-refractivity contribution is 5.67. The molecule has 3 rings (SSSR count). The molecule has 0 amide bonds. The minimum Gasteiger partial charge on any atom is -0.480 e. The van der Waals surface area contributed by atoms with E-state index in [1.165, 1.54) is 4.68 Å². The molecule has 0 bridgehead atoms. The molecule has 0 aliphatic carbocycles. The lowest BCUT2D eigenvalue weighted by molar-refractivity contribution is -0.137. The van der Waals surface area contributed by atoms with E-state index in [4.69, 9.17) is 9.52 Å². The van der Waals surface area contributed by atoms with Gasteiger partial charge in [0.05, 0.1) is 0 Å². The monoisotopic (exact) mass is 284 g/mol. The summed E-state index contributed by atoms with van der Waals surface area (Å²) in [6, 6.07) is 11.4. The van der Waals surface area contributed by atoms with Crippen LogP contribution in [0, 0.1) is 6.92 Å². The van der Waals surface area contributed by atoms with Gasteiger partial charge in [0.2, 0.25) is 5.82 Å². The molecule has 0 fully saturated rings. The fourth-order valence-corrected chi connectivity index (χ4v) is 1.95. The summed E-state index contributed by atoms with van der Waals surface area (Å²) in [6.45, 7) is 1.69. The molecule has 3 aromatic rings. The molecule has 0 aliphatic rings. The number of aliphatic carboxylic acids is 1. The Balaban J connectivity index is 1.93. The minimum atomic E-state index is -1.02. The number of benzene rings is 1. The van der Waals surface area contributed by atoms with E-state index < -0.39 is 5.97 Å². The summed E-state index contributed by atoms with van der Waals surface area (Å²) in [4.78, 5) is 10.8. The molecule has 21 heavy (non-hydrogen) atoms. The fraction of sp³-hybridized carbons (Fsp3) is 0.143. The van der Waals surface area contributed by atoms with Crippen LogP contribution in [0.15, 0.2) is 40.8 Å². The van der Waals surface area contributed by atoms with Gasteiger partial charge >= 0.3 is 5.97 Å². The Hall–Kier alpha value is -2.96. The van der Waals surface area contributed by atoms with E-state index in [0.29, 0.717) is 11.5 Å². The third-order valence-electron chi connectivity index (χ3n) is 2.98. The first-order valence-electron chi connectivity index (χ1n) is 6.29. The maximum Gasteiger partial charge on any atom is 0.325 e. The van der Waals surface area contributed by atoms with Crippen LogP contribution in [-0.2, 0) is 11.3 Å². The molecule has 7 nitrogen and oxygen atoms in total. The summed E-state index contributed by atoms with van der Waals surface area (Å²) >= 11 is 0. The summed E-state index contributed by atoms with van der Waals surface area (Å²) in [7, 11) is 0. The van der Waals surface area contributed by atoms with Crippen LogP contribution < -0.4 is 0 Å². The van der Waals surface area contributed by atoms with E-state index in [1.54, 1.807) is 12.1 Å². The van der Waals surface area contributed by atoms with E-state index >= 15 is 0 Å². The van der Waals surface area contributed by atoms with Crippen LogP contribution in [0.1, 0.15) is 5.56 Å². The Morgan fingerprint density at radius 1 is 1.19 bits per heavy atom. The number of carboxylic acid groups (broad SMARTS) is 1. The van der Waals surface area contributed by atoms with E-state index in [-0.39, 0.29) is 12.4 Å². The van der Waals surface area contributed by atoms with Crippen molar-refractivity contribution in [2.75, 3.05) is 0 Å². The number of carbonyl (C=O) groups is 1. The number of tetrazole rings is 1. The van der Waals surface area contributed by atoms with E-state index in [1.807, 2.05) is 31.2 Å². The quantitative estimate of drug-likeness (QED) is 0.787. The van der Waals surface area contributed by atoms with Gasteiger partial charge in [-0.3, -0.25) is 4.79 Å². The smallest absolute Gasteiger partial charge is 0.325 e. The predicted molar refractivity (Wildman–Crippen MR) is 73.3 cm³/mol. The Kier molecular flexibility index (Phi) is 3.23. The van der Waals surface area contributed by atoms with Gasteiger partial charge in [-0.2, -0.15) is 0 Å². The van der Waals surface area contributed by atoms with Crippen LogP contribution >= 0.6 is 0 Å². The minimum absolute atomic E-state index is 0.288. The summed E-state index contributed by atoms with van der Waals surface area (Å²) in [6.07, 6.45) is 0. The average molecular weight is 284 g/mol. The van der Waals surface area contributed by atoms with Gasteiger partial charge < -0.3 is 9.52 Å². The number of rotatable bonds is 4. The highest BCUT2D eigenvalue weighted by Crippen LogP contribution is 2.27. The summed E-state index contributed by atoms with van der Waals surface area (Å²) in [5.41, 5.74) is 2.10. The van der Waals surface area contributed by atoms with Gasteiger partial charge in [-0.25, -0.2) is 4.68 Å². The lowest BCUT2D eigenvalue weighted by Crippen LogP contribution is -2.11. The second kappa shape index (κ2) is 5.20. The van der Waals surface area contributed by atoms with Crippen molar-refractivity contribution in [3.05, 3.63) is 42.0 Å². The van der Waals surface area contributed by atoms with Gasteiger partial charge in [-0.05, 0) is 29.5 Å². The Bertz CT molecular complexity index is 774. The number of furan rings is 1. The van der Waals surface area contributed by atoms with Crippen molar-refractivity contribution < 1.29 is 14.3 Å². The van der Waals surface area contributed by atoms with Crippen molar-refractivity contribution in [1.82, 2.24) is 20.2 Å². The highest BCUT2D eigenvalue weighted by Gasteiger charge is 2.15. The molecule has 1 aromatic carbocycles. The largest absolute Gasteiger partial charge is 0.480 e. The molecule has 0 radical (unpaired) electrons. The molecule has 0 saturated carbocycles. The van der Waals surface area contributed by atoms with Crippen molar-refractivity contribution in [1.29, 1.82) is 0 Å². The van der Waals surface area contributed by atoms with Gasteiger partial charge in [0.25, 0.3) is 0 Å². The van der Waals surface area contributed by atoms with Crippen molar-refractivity contribution in [2.24, 2.45) is 0 Å². The van der Waals surface area contributed by atoms with Crippen LogP contribution in [0.3, 0.4) is 0 Å². The zero-order chi connectivity index (χ0) is 14.8. The van der Waals surface area contributed by atoms with Crippen LogP contribution in [0.4, 0.5) is 0 Å². The Labute approximate surface area is 119 Å². The van der Waals surface area contributed by atoms with Gasteiger partial charge in [0.15, 0.2) is 5.76 Å². The van der Waals surface area contributed by atoms with Gasteiger partial charge in [-0.15, -0.1) is 5.10 Å². The maximum atomic E-state index is 10.8. The average Bonchev–Trinajstić information content (AvgIpc) is 3.07. The standard InChI is InChI=1S/C14H12N4O3/c1-9-2-4-10(5-3-9)11-6-7-12(21-11)14-15-16-17-18(14)8-13(19)20/h2-7H,8H2,1H3,(H,19,20). The van der Waals surface area contributed by atoms with Crippen LogP contribution in [0.5, 0.6) is 0 Å². The number of aromatic nitrogens is 4. The first-order valence-corrected chi connectivity index (χ1v) is 6.29. The third-order valence-corrected chi connectivity index (χ3v) is 2.98. The molecule has 0 unspecified atom stereocenters. The summed E-state index contributed by atoms with van der Waals surface area (Å²) in [5.74, 6) is 0.372. The first-order chi connectivity index (χ1) is 10.1. The van der Waals surface area contributed by atoms with Gasteiger partial charge in [0.1, 0.15) is 12.3 Å². The number of aryl methyl sites for hydroxylation is 1. The van der Waals surface area contributed by atoms with E-state index in [2.05, 4.69) is 15.5 Å². The first kappa shape index (κ1) is 13.0. The molecular weight excluding hydrogens is 272 g/mol. The van der Waals surface area contributed by atoms with Crippen molar-refractivity contribution >= 4 is 5.97 Å². The Morgan fingerprint density at radius 3 is 2.62 bits per heavy atom. The number of carboxylic acids is 1. The molecule has 0 atom stereocenters. The molecule has 2 heterocycles. The zero-order valence-corrected chi connectivity index (χ0v) is 11.2. The predicted octanol–water partition coefficient (Wildman–Crippen LogP) is 1.99. The molecule has 2 aromatic heterocycles. The molecule has 1 N–H and O–H groups in total. The van der Waals surface area contributed by atoms with Crippen LogP contribution in [0.25, 0.3) is 22.9 Å². The second-order valence-corrected chi connectivity index (χ2v) is 4.58. The zero-order valence-electron chi connectivity index (χ0n) is 11.2.